The maximum atomic E-state index is 11.9. The van der Waals surface area contributed by atoms with Gasteiger partial charge in [-0.05, 0) is 43.4 Å². The predicted molar refractivity (Wildman–Crippen MR) is 89.3 cm³/mol. The van der Waals surface area contributed by atoms with Gasteiger partial charge in [0.25, 0.3) is 0 Å². The second-order valence-corrected chi connectivity index (χ2v) is 6.04. The molecule has 0 aliphatic heterocycles. The molecule has 0 radical (unpaired) electrons. The minimum atomic E-state index is -0.579. The van der Waals surface area contributed by atoms with Gasteiger partial charge in [0, 0.05) is 6.42 Å². The van der Waals surface area contributed by atoms with Gasteiger partial charge in [0.05, 0.1) is 13.7 Å². The topological polar surface area (TPSA) is 64.6 Å². The van der Waals surface area contributed by atoms with Gasteiger partial charge < -0.3 is 14.8 Å². The van der Waals surface area contributed by atoms with Crippen molar-refractivity contribution in [3.8, 4) is 5.75 Å². The first-order valence-electron chi connectivity index (χ1n) is 7.99. The van der Waals surface area contributed by atoms with E-state index in [1.165, 1.54) is 7.11 Å². The Balaban J connectivity index is 2.33. The Kier molecular flexibility index (Phi) is 8.16. The van der Waals surface area contributed by atoms with Crippen LogP contribution in [-0.2, 0) is 14.3 Å². The minimum absolute atomic E-state index is 0.158. The lowest BCUT2D eigenvalue weighted by molar-refractivity contribution is -0.145. The molecule has 0 aliphatic rings. The third-order valence-electron chi connectivity index (χ3n) is 3.33. The van der Waals surface area contributed by atoms with Gasteiger partial charge in [-0.2, -0.15) is 0 Å². The average molecular weight is 321 g/mol. The van der Waals surface area contributed by atoms with Crippen LogP contribution in [0.1, 0.15) is 38.7 Å². The first-order chi connectivity index (χ1) is 10.9. The number of carbonyl (C=O) groups excluding carboxylic acids is 2. The summed E-state index contributed by atoms with van der Waals surface area (Å²) in [5.41, 5.74) is 1.13. The molecular weight excluding hydrogens is 294 g/mol. The molecule has 1 unspecified atom stereocenters. The van der Waals surface area contributed by atoms with E-state index in [-0.39, 0.29) is 5.91 Å². The summed E-state index contributed by atoms with van der Waals surface area (Å²) in [6.07, 6.45) is 1.48. The van der Waals surface area contributed by atoms with Crippen LogP contribution in [0.25, 0.3) is 0 Å². The van der Waals surface area contributed by atoms with Crippen molar-refractivity contribution in [1.29, 1.82) is 0 Å². The Labute approximate surface area is 138 Å². The number of esters is 1. The van der Waals surface area contributed by atoms with Gasteiger partial charge in [-0.15, -0.1) is 0 Å². The van der Waals surface area contributed by atoms with Crippen LogP contribution in [0, 0.1) is 12.8 Å². The van der Waals surface area contributed by atoms with Gasteiger partial charge in [-0.25, -0.2) is 4.79 Å². The van der Waals surface area contributed by atoms with Crippen molar-refractivity contribution < 1.29 is 19.1 Å². The largest absolute Gasteiger partial charge is 0.494 e. The fourth-order valence-electron chi connectivity index (χ4n) is 2.22. The normalized spacial score (nSPS) is 11.9. The number of hydrogen-bond donors (Lipinski definition) is 1. The molecular formula is C18H27NO4. The van der Waals surface area contributed by atoms with E-state index < -0.39 is 12.0 Å². The highest BCUT2D eigenvalue weighted by atomic mass is 16.5. The highest BCUT2D eigenvalue weighted by molar-refractivity contribution is 5.84. The fraction of sp³-hybridized carbons (Fsp3) is 0.556. The summed E-state index contributed by atoms with van der Waals surface area (Å²) >= 11 is 0. The molecule has 0 aromatic heterocycles. The summed E-state index contributed by atoms with van der Waals surface area (Å²) < 4.78 is 10.3. The van der Waals surface area contributed by atoms with E-state index in [1.54, 1.807) is 0 Å². The lowest BCUT2D eigenvalue weighted by Crippen LogP contribution is -2.42. The molecule has 1 aromatic carbocycles. The number of benzene rings is 1. The number of carbonyl (C=O) groups is 2. The molecule has 0 spiro atoms. The molecule has 1 atom stereocenters. The molecule has 1 amide bonds. The number of methoxy groups -OCH3 is 1. The smallest absolute Gasteiger partial charge is 0.328 e. The van der Waals surface area contributed by atoms with Crippen LogP contribution in [-0.4, -0.2) is 31.6 Å². The molecule has 1 rings (SSSR count). The van der Waals surface area contributed by atoms with Crippen molar-refractivity contribution in [2.45, 2.75) is 46.1 Å². The molecule has 128 valence electrons. The second kappa shape index (κ2) is 9.87. The van der Waals surface area contributed by atoms with Gasteiger partial charge in [0.1, 0.15) is 11.8 Å². The zero-order valence-electron chi connectivity index (χ0n) is 14.4. The number of hydrogen-bond acceptors (Lipinski definition) is 4. The Bertz CT molecular complexity index is 513. The summed E-state index contributed by atoms with van der Waals surface area (Å²) in [7, 11) is 1.33. The summed E-state index contributed by atoms with van der Waals surface area (Å²) in [5.74, 6) is 0.540. The SMILES string of the molecule is COC(=O)C(CC(C)C)NC(=O)CCCOc1cccc(C)c1. The Morgan fingerprint density at radius 1 is 1.26 bits per heavy atom. The van der Waals surface area contributed by atoms with Crippen molar-refractivity contribution in [2.75, 3.05) is 13.7 Å². The molecule has 0 heterocycles. The Hall–Kier alpha value is -2.04. The van der Waals surface area contributed by atoms with Gasteiger partial charge in [0.2, 0.25) is 5.91 Å². The molecule has 1 N–H and O–H groups in total. The third kappa shape index (κ3) is 7.68. The zero-order valence-corrected chi connectivity index (χ0v) is 14.4. The van der Waals surface area contributed by atoms with E-state index in [2.05, 4.69) is 5.32 Å². The van der Waals surface area contributed by atoms with Gasteiger partial charge >= 0.3 is 5.97 Å². The van der Waals surface area contributed by atoms with Gasteiger partial charge in [-0.3, -0.25) is 4.79 Å². The maximum absolute atomic E-state index is 11.9. The van der Waals surface area contributed by atoms with E-state index in [1.807, 2.05) is 45.0 Å². The van der Waals surface area contributed by atoms with Crippen LogP contribution in [0.2, 0.25) is 0 Å². The molecule has 1 aromatic rings. The standard InChI is InChI=1S/C18H27NO4/c1-13(2)11-16(18(21)22-4)19-17(20)9-6-10-23-15-8-5-7-14(3)12-15/h5,7-8,12-13,16H,6,9-11H2,1-4H3,(H,19,20). The number of rotatable bonds is 9. The first kappa shape index (κ1) is 19.0. The fourth-order valence-corrected chi connectivity index (χ4v) is 2.22. The van der Waals surface area contributed by atoms with Gasteiger partial charge in [0.15, 0.2) is 0 Å². The molecule has 0 saturated carbocycles. The average Bonchev–Trinajstić information content (AvgIpc) is 2.50. The zero-order chi connectivity index (χ0) is 17.2. The maximum Gasteiger partial charge on any atom is 0.328 e. The quantitative estimate of drug-likeness (QED) is 0.561. The molecule has 5 nitrogen and oxygen atoms in total. The molecule has 0 aliphatic carbocycles. The molecule has 0 saturated heterocycles. The number of ether oxygens (including phenoxy) is 2. The number of amides is 1. The molecule has 5 heteroatoms. The summed E-state index contributed by atoms with van der Waals surface area (Å²) in [4.78, 5) is 23.6. The Morgan fingerprint density at radius 2 is 2.00 bits per heavy atom. The van der Waals surface area contributed by atoms with Crippen LogP contribution >= 0.6 is 0 Å². The van der Waals surface area contributed by atoms with Crippen molar-refractivity contribution in [3.05, 3.63) is 29.8 Å². The minimum Gasteiger partial charge on any atom is -0.494 e. The van der Waals surface area contributed by atoms with E-state index in [0.29, 0.717) is 31.8 Å². The van der Waals surface area contributed by atoms with Crippen LogP contribution in [0.5, 0.6) is 5.75 Å². The van der Waals surface area contributed by atoms with E-state index >= 15 is 0 Å². The third-order valence-corrected chi connectivity index (χ3v) is 3.33. The number of nitrogens with one attached hydrogen (secondary N) is 1. The Morgan fingerprint density at radius 3 is 2.61 bits per heavy atom. The first-order valence-corrected chi connectivity index (χ1v) is 7.99. The summed E-state index contributed by atoms with van der Waals surface area (Å²) in [6, 6.07) is 7.20. The number of aryl methyl sites for hydroxylation is 1. The monoisotopic (exact) mass is 321 g/mol. The van der Waals surface area contributed by atoms with Gasteiger partial charge in [-0.1, -0.05) is 26.0 Å². The predicted octanol–water partition coefficient (Wildman–Crippen LogP) is 2.86. The van der Waals surface area contributed by atoms with E-state index in [4.69, 9.17) is 9.47 Å². The van der Waals surface area contributed by atoms with Crippen LogP contribution in [0.15, 0.2) is 24.3 Å². The highest BCUT2D eigenvalue weighted by Crippen LogP contribution is 2.13. The lowest BCUT2D eigenvalue weighted by atomic mass is 10.0. The second-order valence-electron chi connectivity index (χ2n) is 6.04. The molecule has 0 bridgehead atoms. The summed E-state index contributed by atoms with van der Waals surface area (Å²) in [6.45, 7) is 6.46. The lowest BCUT2D eigenvalue weighted by Gasteiger charge is -2.18. The molecule has 23 heavy (non-hydrogen) atoms. The van der Waals surface area contributed by atoms with Crippen LogP contribution in [0.3, 0.4) is 0 Å². The highest BCUT2D eigenvalue weighted by Gasteiger charge is 2.22. The van der Waals surface area contributed by atoms with Crippen molar-refractivity contribution >= 4 is 11.9 Å². The van der Waals surface area contributed by atoms with Crippen LogP contribution in [0.4, 0.5) is 0 Å². The van der Waals surface area contributed by atoms with Crippen molar-refractivity contribution in [1.82, 2.24) is 5.32 Å². The molecule has 0 fully saturated rings. The van der Waals surface area contributed by atoms with E-state index in [9.17, 15) is 9.59 Å². The van der Waals surface area contributed by atoms with Crippen LogP contribution < -0.4 is 10.1 Å². The summed E-state index contributed by atoms with van der Waals surface area (Å²) in [5, 5.41) is 2.74. The van der Waals surface area contributed by atoms with Crippen molar-refractivity contribution in [3.63, 3.8) is 0 Å². The van der Waals surface area contributed by atoms with E-state index in [0.717, 1.165) is 11.3 Å². The van der Waals surface area contributed by atoms with Crippen molar-refractivity contribution in [2.24, 2.45) is 5.92 Å².